The molecule has 0 bridgehead atoms. The van der Waals surface area contributed by atoms with Gasteiger partial charge in [-0.2, -0.15) is 0 Å². The van der Waals surface area contributed by atoms with E-state index in [-0.39, 0.29) is 12.0 Å². The van der Waals surface area contributed by atoms with Crippen molar-refractivity contribution >= 4 is 5.91 Å². The number of allylic oxidation sites excluding steroid dienone is 1. The lowest BCUT2D eigenvalue weighted by Crippen LogP contribution is -2.21. The first kappa shape index (κ1) is 14.2. The molecule has 2 atom stereocenters. The molecule has 0 rings (SSSR count). The van der Waals surface area contributed by atoms with Gasteiger partial charge in [0.25, 0.3) is 0 Å². The Kier molecular flexibility index (Phi) is 8.01. The van der Waals surface area contributed by atoms with Crippen molar-refractivity contribution in [2.45, 2.75) is 46.1 Å². The van der Waals surface area contributed by atoms with E-state index < -0.39 is 0 Å². The second-order valence-electron chi connectivity index (χ2n) is 3.92. The van der Waals surface area contributed by atoms with Gasteiger partial charge in [0.15, 0.2) is 0 Å². The highest BCUT2D eigenvalue weighted by molar-refractivity contribution is 5.77. The van der Waals surface area contributed by atoms with E-state index in [1.807, 2.05) is 32.9 Å². The van der Waals surface area contributed by atoms with Gasteiger partial charge in [-0.25, -0.2) is 0 Å². The lowest BCUT2D eigenvalue weighted by molar-refractivity contribution is -0.120. The predicted molar refractivity (Wildman–Crippen MR) is 62.5 cm³/mol. The summed E-state index contributed by atoms with van der Waals surface area (Å²) in [6.07, 6.45) is 5.99. The van der Waals surface area contributed by atoms with Crippen LogP contribution in [0.2, 0.25) is 0 Å². The Morgan fingerprint density at radius 2 is 2.07 bits per heavy atom. The van der Waals surface area contributed by atoms with E-state index in [1.54, 1.807) is 0 Å². The third-order valence-electron chi connectivity index (χ3n) is 2.46. The number of nitrogens with one attached hydrogen (secondary N) is 1. The summed E-state index contributed by atoms with van der Waals surface area (Å²) in [7, 11) is 0. The van der Waals surface area contributed by atoms with Gasteiger partial charge in [0.1, 0.15) is 0 Å². The zero-order chi connectivity index (χ0) is 11.7. The molecule has 3 heteroatoms. The number of hydrogen-bond donors (Lipinski definition) is 2. The standard InChI is InChI=1S/C12H23NO2/c1-4-13-12(15)9-7-5-6-8-10(2)11(3)14/h5,7,10-11,14H,4,6,8-9H2,1-3H3,(H,13,15)/b7-5+/t10-,11+/m1/s1. The summed E-state index contributed by atoms with van der Waals surface area (Å²) in [5, 5.41) is 12.0. The van der Waals surface area contributed by atoms with Crippen LogP contribution in [0.15, 0.2) is 12.2 Å². The molecule has 0 heterocycles. The summed E-state index contributed by atoms with van der Waals surface area (Å²) in [5.74, 6) is 0.386. The Bertz CT molecular complexity index is 200. The van der Waals surface area contributed by atoms with Crippen molar-refractivity contribution in [3.63, 3.8) is 0 Å². The molecule has 0 radical (unpaired) electrons. The number of amides is 1. The average Bonchev–Trinajstić information content (AvgIpc) is 2.17. The monoisotopic (exact) mass is 213 g/mol. The fraction of sp³-hybridized carbons (Fsp3) is 0.750. The fourth-order valence-electron chi connectivity index (χ4n) is 1.18. The van der Waals surface area contributed by atoms with Crippen molar-refractivity contribution in [3.05, 3.63) is 12.2 Å². The van der Waals surface area contributed by atoms with Gasteiger partial charge in [0.2, 0.25) is 5.91 Å². The molecule has 0 fully saturated rings. The Labute approximate surface area is 92.6 Å². The zero-order valence-electron chi connectivity index (χ0n) is 9.99. The molecule has 0 saturated heterocycles. The van der Waals surface area contributed by atoms with Crippen LogP contribution in [-0.4, -0.2) is 23.7 Å². The Hall–Kier alpha value is -0.830. The lowest BCUT2D eigenvalue weighted by atomic mass is 10.0. The molecule has 1 amide bonds. The normalized spacial score (nSPS) is 15.2. The van der Waals surface area contributed by atoms with Gasteiger partial charge in [0, 0.05) is 13.0 Å². The molecule has 0 aromatic rings. The van der Waals surface area contributed by atoms with E-state index in [0.29, 0.717) is 18.9 Å². The number of carbonyl (C=O) groups excluding carboxylic acids is 1. The van der Waals surface area contributed by atoms with Crippen molar-refractivity contribution < 1.29 is 9.90 Å². The highest BCUT2D eigenvalue weighted by Gasteiger charge is 2.06. The molecule has 0 aliphatic rings. The maximum atomic E-state index is 11.0. The third kappa shape index (κ3) is 8.18. The number of rotatable bonds is 7. The molecule has 2 N–H and O–H groups in total. The first-order valence-electron chi connectivity index (χ1n) is 5.67. The molecule has 3 nitrogen and oxygen atoms in total. The van der Waals surface area contributed by atoms with Crippen molar-refractivity contribution in [3.8, 4) is 0 Å². The third-order valence-corrected chi connectivity index (χ3v) is 2.46. The lowest BCUT2D eigenvalue weighted by Gasteiger charge is -2.12. The van der Waals surface area contributed by atoms with E-state index in [1.165, 1.54) is 0 Å². The summed E-state index contributed by atoms with van der Waals surface area (Å²) < 4.78 is 0. The van der Waals surface area contributed by atoms with Crippen LogP contribution < -0.4 is 5.32 Å². The first-order valence-corrected chi connectivity index (χ1v) is 5.67. The smallest absolute Gasteiger partial charge is 0.223 e. The van der Waals surface area contributed by atoms with E-state index in [2.05, 4.69) is 5.32 Å². The maximum absolute atomic E-state index is 11.0. The molecule has 0 spiro atoms. The second-order valence-corrected chi connectivity index (χ2v) is 3.92. The molecule has 0 unspecified atom stereocenters. The molecule has 0 aliphatic heterocycles. The highest BCUT2D eigenvalue weighted by atomic mass is 16.3. The number of carbonyl (C=O) groups is 1. The molecule has 0 aliphatic carbocycles. The first-order chi connectivity index (χ1) is 7.07. The van der Waals surface area contributed by atoms with Crippen LogP contribution in [0.25, 0.3) is 0 Å². The summed E-state index contributed by atoms with van der Waals surface area (Å²) in [6.45, 7) is 6.43. The topological polar surface area (TPSA) is 49.3 Å². The van der Waals surface area contributed by atoms with Crippen molar-refractivity contribution in [2.75, 3.05) is 6.54 Å². The van der Waals surface area contributed by atoms with Crippen LogP contribution in [0.1, 0.15) is 40.0 Å². The van der Waals surface area contributed by atoms with Gasteiger partial charge in [-0.1, -0.05) is 19.1 Å². The molecule has 88 valence electrons. The quantitative estimate of drug-likeness (QED) is 0.634. The van der Waals surface area contributed by atoms with Gasteiger partial charge >= 0.3 is 0 Å². The van der Waals surface area contributed by atoms with Crippen LogP contribution in [0.3, 0.4) is 0 Å². The summed E-state index contributed by atoms with van der Waals surface area (Å²) in [4.78, 5) is 11.0. The molecule has 0 saturated carbocycles. The van der Waals surface area contributed by atoms with Gasteiger partial charge in [-0.3, -0.25) is 4.79 Å². The van der Waals surface area contributed by atoms with Crippen LogP contribution in [0, 0.1) is 5.92 Å². The van der Waals surface area contributed by atoms with Crippen LogP contribution in [-0.2, 0) is 4.79 Å². The molecular formula is C12H23NO2. The minimum absolute atomic E-state index is 0.0670. The second kappa shape index (κ2) is 8.48. The Balaban J connectivity index is 3.51. The number of hydrogen-bond acceptors (Lipinski definition) is 2. The molecule has 0 aromatic heterocycles. The summed E-state index contributed by atoms with van der Waals surface area (Å²) >= 11 is 0. The fourth-order valence-corrected chi connectivity index (χ4v) is 1.18. The van der Waals surface area contributed by atoms with Gasteiger partial charge in [-0.15, -0.1) is 0 Å². The van der Waals surface area contributed by atoms with Crippen LogP contribution in [0.4, 0.5) is 0 Å². The number of aliphatic hydroxyl groups is 1. The molecule has 15 heavy (non-hydrogen) atoms. The van der Waals surface area contributed by atoms with Crippen molar-refractivity contribution in [1.82, 2.24) is 5.32 Å². The minimum atomic E-state index is -0.248. The Morgan fingerprint density at radius 1 is 1.40 bits per heavy atom. The highest BCUT2D eigenvalue weighted by Crippen LogP contribution is 2.10. The minimum Gasteiger partial charge on any atom is -0.393 e. The van der Waals surface area contributed by atoms with Crippen LogP contribution in [0.5, 0.6) is 0 Å². The summed E-state index contributed by atoms with van der Waals surface area (Å²) in [5.41, 5.74) is 0. The summed E-state index contributed by atoms with van der Waals surface area (Å²) in [6, 6.07) is 0. The molecular weight excluding hydrogens is 190 g/mol. The average molecular weight is 213 g/mol. The Morgan fingerprint density at radius 3 is 2.60 bits per heavy atom. The van der Waals surface area contributed by atoms with Crippen molar-refractivity contribution in [1.29, 1.82) is 0 Å². The van der Waals surface area contributed by atoms with Gasteiger partial charge in [0.05, 0.1) is 6.10 Å². The van der Waals surface area contributed by atoms with Crippen molar-refractivity contribution in [2.24, 2.45) is 5.92 Å². The van der Waals surface area contributed by atoms with Gasteiger partial charge < -0.3 is 10.4 Å². The van der Waals surface area contributed by atoms with Gasteiger partial charge in [-0.05, 0) is 32.6 Å². The van der Waals surface area contributed by atoms with E-state index in [4.69, 9.17) is 0 Å². The van der Waals surface area contributed by atoms with E-state index in [9.17, 15) is 9.90 Å². The zero-order valence-corrected chi connectivity index (χ0v) is 9.99. The number of aliphatic hydroxyl groups excluding tert-OH is 1. The largest absolute Gasteiger partial charge is 0.393 e. The maximum Gasteiger partial charge on any atom is 0.223 e. The van der Waals surface area contributed by atoms with E-state index >= 15 is 0 Å². The SMILES string of the molecule is CCNC(=O)C/C=C/CC[C@@H](C)[C@H](C)O. The predicted octanol–water partition coefficient (Wildman–Crippen LogP) is 1.87. The molecule has 0 aromatic carbocycles. The van der Waals surface area contributed by atoms with E-state index in [0.717, 1.165) is 12.8 Å². The van der Waals surface area contributed by atoms with Crippen LogP contribution >= 0.6 is 0 Å².